The van der Waals surface area contributed by atoms with Gasteiger partial charge in [-0.3, -0.25) is 0 Å². The SMILES string of the molecule is C=C1CC[C@@H]2C(C)(C)CCC[C@]2(C)[C@@H]1CC/C(C)=C/C(=O)OC[C@H](O)CO. The average Bonchev–Trinajstić information content (AvgIpc) is 2.58. The molecule has 0 aliphatic heterocycles. The number of hydrogen-bond acceptors (Lipinski definition) is 4. The minimum atomic E-state index is -1.01. The molecule has 4 nitrogen and oxygen atoms in total. The molecule has 0 radical (unpaired) electrons. The van der Waals surface area contributed by atoms with Gasteiger partial charge in [0.1, 0.15) is 12.7 Å². The standard InChI is InChI=1S/C23H38O4/c1-16(13-21(26)27-15-18(25)14-24)7-9-19-17(2)8-10-20-22(3,4)11-6-12-23(19,20)5/h13,18-20,24-25H,2,6-12,14-15H2,1,3-5H3/b16-13+/t18-,19-,20-,23-/m1/s1. The van der Waals surface area contributed by atoms with Crippen LogP contribution in [-0.2, 0) is 9.53 Å². The van der Waals surface area contributed by atoms with Gasteiger partial charge in [-0.05, 0) is 68.1 Å². The zero-order valence-corrected chi connectivity index (χ0v) is 17.6. The molecule has 0 saturated heterocycles. The molecule has 2 rings (SSSR count). The lowest BCUT2D eigenvalue weighted by atomic mass is 9.47. The molecule has 2 aliphatic rings. The fourth-order valence-corrected chi connectivity index (χ4v) is 5.73. The summed E-state index contributed by atoms with van der Waals surface area (Å²) in [6.45, 7) is 13.1. The van der Waals surface area contributed by atoms with Crippen LogP contribution in [0.2, 0.25) is 0 Å². The first kappa shape index (κ1) is 22.2. The molecule has 4 heteroatoms. The molecule has 0 spiro atoms. The highest BCUT2D eigenvalue weighted by atomic mass is 16.5. The molecule has 0 aromatic heterocycles. The molecule has 0 bridgehead atoms. The van der Waals surface area contributed by atoms with E-state index in [9.17, 15) is 9.90 Å². The van der Waals surface area contributed by atoms with Gasteiger partial charge in [0.05, 0.1) is 6.61 Å². The summed E-state index contributed by atoms with van der Waals surface area (Å²) in [5.41, 5.74) is 3.08. The normalized spacial score (nSPS) is 31.9. The average molecular weight is 379 g/mol. The van der Waals surface area contributed by atoms with Gasteiger partial charge in [0.2, 0.25) is 0 Å². The van der Waals surface area contributed by atoms with Crippen LogP contribution in [0.1, 0.15) is 72.6 Å². The van der Waals surface area contributed by atoms with Crippen LogP contribution >= 0.6 is 0 Å². The van der Waals surface area contributed by atoms with Crippen molar-refractivity contribution in [2.75, 3.05) is 13.2 Å². The Balaban J connectivity index is 1.99. The van der Waals surface area contributed by atoms with Gasteiger partial charge in [-0.25, -0.2) is 4.79 Å². The Kier molecular flexibility index (Phi) is 7.32. The number of esters is 1. The fraction of sp³-hybridized carbons (Fsp3) is 0.783. The van der Waals surface area contributed by atoms with Gasteiger partial charge in [-0.2, -0.15) is 0 Å². The van der Waals surface area contributed by atoms with E-state index < -0.39 is 18.7 Å². The van der Waals surface area contributed by atoms with Gasteiger partial charge in [0.25, 0.3) is 0 Å². The number of carbonyl (C=O) groups excluding carboxylic acids is 1. The summed E-state index contributed by atoms with van der Waals surface area (Å²) < 4.78 is 4.97. The molecule has 4 atom stereocenters. The van der Waals surface area contributed by atoms with Crippen LogP contribution in [0.5, 0.6) is 0 Å². The second-order valence-electron chi connectivity index (χ2n) is 9.65. The molecular weight excluding hydrogens is 340 g/mol. The summed E-state index contributed by atoms with van der Waals surface area (Å²) in [4.78, 5) is 11.9. The van der Waals surface area contributed by atoms with Gasteiger partial charge < -0.3 is 14.9 Å². The van der Waals surface area contributed by atoms with Crippen molar-refractivity contribution >= 4 is 5.97 Å². The van der Waals surface area contributed by atoms with Crippen LogP contribution in [0.15, 0.2) is 23.8 Å². The molecule has 27 heavy (non-hydrogen) atoms. The van der Waals surface area contributed by atoms with Crippen LogP contribution in [-0.4, -0.2) is 35.5 Å². The van der Waals surface area contributed by atoms with Gasteiger partial charge in [0, 0.05) is 6.08 Å². The maximum atomic E-state index is 11.9. The van der Waals surface area contributed by atoms with Gasteiger partial charge in [-0.15, -0.1) is 0 Å². The van der Waals surface area contributed by atoms with Crippen molar-refractivity contribution in [3.8, 4) is 0 Å². The number of aliphatic hydroxyl groups excluding tert-OH is 2. The minimum Gasteiger partial charge on any atom is -0.460 e. The molecule has 2 fully saturated rings. The molecule has 0 aromatic rings. The minimum absolute atomic E-state index is 0.173. The van der Waals surface area contributed by atoms with E-state index in [2.05, 4.69) is 27.4 Å². The molecule has 0 unspecified atom stereocenters. The maximum absolute atomic E-state index is 11.9. The summed E-state index contributed by atoms with van der Waals surface area (Å²) in [5.74, 6) is 0.792. The van der Waals surface area contributed by atoms with Gasteiger partial charge in [0.15, 0.2) is 0 Å². The summed E-state index contributed by atoms with van der Waals surface area (Å²) in [7, 11) is 0. The summed E-state index contributed by atoms with van der Waals surface area (Å²) in [6, 6.07) is 0. The number of allylic oxidation sites excluding steroid dienone is 2. The third-order valence-electron chi connectivity index (χ3n) is 7.14. The molecule has 2 N–H and O–H groups in total. The number of fused-ring (bicyclic) bond motifs is 1. The zero-order valence-electron chi connectivity index (χ0n) is 17.6. The Morgan fingerprint density at radius 1 is 1.37 bits per heavy atom. The molecule has 2 saturated carbocycles. The Morgan fingerprint density at radius 3 is 2.74 bits per heavy atom. The molecule has 0 aromatic carbocycles. The first-order valence-electron chi connectivity index (χ1n) is 10.4. The summed E-state index contributed by atoms with van der Waals surface area (Å²) in [5, 5.41) is 18.0. The van der Waals surface area contributed by atoms with Crippen LogP contribution < -0.4 is 0 Å². The second-order valence-corrected chi connectivity index (χ2v) is 9.65. The van der Waals surface area contributed by atoms with E-state index in [-0.39, 0.29) is 6.61 Å². The lowest BCUT2D eigenvalue weighted by Gasteiger charge is -2.58. The maximum Gasteiger partial charge on any atom is 0.330 e. The van der Waals surface area contributed by atoms with E-state index in [1.54, 1.807) is 0 Å². The predicted octanol–water partition coefficient (Wildman–Crippen LogP) is 4.41. The van der Waals surface area contributed by atoms with E-state index in [0.717, 1.165) is 30.8 Å². The third-order valence-corrected chi connectivity index (χ3v) is 7.14. The largest absolute Gasteiger partial charge is 0.460 e. The lowest BCUT2D eigenvalue weighted by Crippen LogP contribution is -2.49. The van der Waals surface area contributed by atoms with Crippen molar-refractivity contribution in [1.29, 1.82) is 0 Å². The third kappa shape index (κ3) is 5.23. The number of hydrogen-bond donors (Lipinski definition) is 2. The smallest absolute Gasteiger partial charge is 0.330 e. The molecule has 0 heterocycles. The van der Waals surface area contributed by atoms with E-state index >= 15 is 0 Å². The Bertz CT molecular complexity index is 577. The van der Waals surface area contributed by atoms with Crippen molar-refractivity contribution in [3.05, 3.63) is 23.8 Å². The Hall–Kier alpha value is -1.13. The quantitative estimate of drug-likeness (QED) is 0.391. The monoisotopic (exact) mass is 378 g/mol. The van der Waals surface area contributed by atoms with Crippen molar-refractivity contribution in [1.82, 2.24) is 0 Å². The molecule has 0 amide bonds. The lowest BCUT2D eigenvalue weighted by molar-refractivity contribution is -0.141. The highest BCUT2D eigenvalue weighted by Crippen LogP contribution is 2.61. The van der Waals surface area contributed by atoms with E-state index in [0.29, 0.717) is 16.7 Å². The number of aliphatic hydroxyl groups is 2. The zero-order chi connectivity index (χ0) is 20.2. The van der Waals surface area contributed by atoms with E-state index in [4.69, 9.17) is 9.84 Å². The second kappa shape index (κ2) is 8.91. The number of carbonyl (C=O) groups is 1. The molecular formula is C23H38O4. The molecule has 154 valence electrons. The van der Waals surface area contributed by atoms with Crippen LogP contribution in [0, 0.1) is 22.7 Å². The Labute approximate surface area is 164 Å². The highest BCUT2D eigenvalue weighted by Gasteiger charge is 2.52. The van der Waals surface area contributed by atoms with Gasteiger partial charge >= 0.3 is 5.97 Å². The highest BCUT2D eigenvalue weighted by molar-refractivity contribution is 5.82. The van der Waals surface area contributed by atoms with Crippen molar-refractivity contribution in [2.45, 2.75) is 78.7 Å². The van der Waals surface area contributed by atoms with Crippen molar-refractivity contribution in [3.63, 3.8) is 0 Å². The van der Waals surface area contributed by atoms with E-state index in [1.807, 2.05) is 6.92 Å². The fourth-order valence-electron chi connectivity index (χ4n) is 5.73. The summed E-state index contributed by atoms with van der Waals surface area (Å²) in [6.07, 6.45) is 8.63. The number of rotatable bonds is 7. The van der Waals surface area contributed by atoms with Gasteiger partial charge in [-0.1, -0.05) is 44.9 Å². The Morgan fingerprint density at radius 2 is 2.07 bits per heavy atom. The topological polar surface area (TPSA) is 66.8 Å². The van der Waals surface area contributed by atoms with Crippen LogP contribution in [0.4, 0.5) is 0 Å². The van der Waals surface area contributed by atoms with E-state index in [1.165, 1.54) is 37.3 Å². The van der Waals surface area contributed by atoms with Crippen molar-refractivity contribution < 1.29 is 19.7 Å². The molecule has 2 aliphatic carbocycles. The van der Waals surface area contributed by atoms with Crippen molar-refractivity contribution in [2.24, 2.45) is 22.7 Å². The summed E-state index contributed by atoms with van der Waals surface area (Å²) >= 11 is 0. The van der Waals surface area contributed by atoms with Crippen LogP contribution in [0.3, 0.4) is 0 Å². The first-order valence-corrected chi connectivity index (χ1v) is 10.4. The predicted molar refractivity (Wildman–Crippen MR) is 108 cm³/mol. The first-order chi connectivity index (χ1) is 12.6. The van der Waals surface area contributed by atoms with Crippen LogP contribution in [0.25, 0.3) is 0 Å². The number of ether oxygens (including phenoxy) is 1.